The minimum Gasteiger partial charge on any atom is -0.361 e. The molecule has 0 spiro atoms. The topological polar surface area (TPSA) is 103 Å². The Morgan fingerprint density at radius 3 is 2.53 bits per heavy atom. The number of benzene rings is 2. The van der Waals surface area contributed by atoms with Crippen LogP contribution in [0, 0.1) is 0 Å². The highest BCUT2D eigenvalue weighted by Gasteiger charge is 2.39. The summed E-state index contributed by atoms with van der Waals surface area (Å²) in [6.07, 6.45) is 3.98. The minimum absolute atomic E-state index is 0.161. The molecule has 1 unspecified atom stereocenters. The number of carbonyl (C=O) groups is 2. The van der Waals surface area contributed by atoms with Crippen LogP contribution in [0.4, 0.5) is 0 Å². The van der Waals surface area contributed by atoms with E-state index >= 15 is 0 Å². The van der Waals surface area contributed by atoms with E-state index in [1.54, 1.807) is 32.3 Å². The average Bonchev–Trinajstić information content (AvgIpc) is 3.26. The molecule has 1 aliphatic heterocycles. The molecule has 2 aromatic carbocycles. The molecule has 2 amide bonds. The molecule has 180 valence electrons. The predicted molar refractivity (Wildman–Crippen MR) is 131 cm³/mol. The minimum atomic E-state index is -3.84. The lowest BCUT2D eigenvalue weighted by Gasteiger charge is -2.34. The van der Waals surface area contributed by atoms with Crippen LogP contribution in [0.3, 0.4) is 0 Å². The van der Waals surface area contributed by atoms with Gasteiger partial charge in [0.15, 0.2) is 0 Å². The summed E-state index contributed by atoms with van der Waals surface area (Å²) < 4.78 is 27.9. The zero-order chi connectivity index (χ0) is 24.3. The largest absolute Gasteiger partial charge is 0.361 e. The van der Waals surface area contributed by atoms with Gasteiger partial charge in [-0.05, 0) is 36.6 Å². The highest BCUT2D eigenvalue weighted by atomic mass is 32.2. The molecular weight excluding hydrogens is 452 g/mol. The number of hydrogen-bond acceptors (Lipinski definition) is 4. The van der Waals surface area contributed by atoms with Crippen molar-refractivity contribution in [1.82, 2.24) is 19.5 Å². The van der Waals surface area contributed by atoms with Gasteiger partial charge in [0.25, 0.3) is 0 Å². The van der Waals surface area contributed by atoms with Crippen molar-refractivity contribution in [3.05, 3.63) is 66.4 Å². The standard InChI is InChI=1S/C25H30N4O4S/c1-28(2)25(31)22(16-18-17-26-21-13-7-6-12-20(18)21)27-24(30)23-14-8-9-15-29(23)34(32,33)19-10-4-3-5-11-19/h3-7,10-13,17,22-23,26H,8-9,14-16H2,1-2H3,(H,27,30)/t22?,23-/m0/s1. The van der Waals surface area contributed by atoms with Crippen LogP contribution in [-0.4, -0.2) is 67.1 Å². The van der Waals surface area contributed by atoms with Crippen LogP contribution in [0.1, 0.15) is 24.8 Å². The maximum atomic E-state index is 13.4. The fourth-order valence-electron chi connectivity index (χ4n) is 4.48. The number of nitrogens with zero attached hydrogens (tertiary/aromatic N) is 2. The second kappa shape index (κ2) is 9.99. The number of sulfonamides is 1. The lowest BCUT2D eigenvalue weighted by Crippen LogP contribution is -2.56. The van der Waals surface area contributed by atoms with Crippen molar-refractivity contribution < 1.29 is 18.0 Å². The molecule has 2 heterocycles. The zero-order valence-corrected chi connectivity index (χ0v) is 20.2. The number of aromatic nitrogens is 1. The number of carbonyl (C=O) groups excluding carboxylic acids is 2. The molecule has 1 saturated heterocycles. The van der Waals surface area contributed by atoms with E-state index in [-0.39, 0.29) is 17.3 Å². The van der Waals surface area contributed by atoms with Gasteiger partial charge < -0.3 is 15.2 Å². The van der Waals surface area contributed by atoms with E-state index < -0.39 is 28.0 Å². The normalized spacial score (nSPS) is 17.9. The number of aromatic amines is 1. The first-order valence-corrected chi connectivity index (χ1v) is 12.9. The van der Waals surface area contributed by atoms with Crippen LogP contribution in [-0.2, 0) is 26.0 Å². The number of H-pyrrole nitrogens is 1. The van der Waals surface area contributed by atoms with Crippen LogP contribution < -0.4 is 5.32 Å². The fourth-order valence-corrected chi connectivity index (χ4v) is 6.16. The van der Waals surface area contributed by atoms with E-state index in [0.29, 0.717) is 19.3 Å². The van der Waals surface area contributed by atoms with Gasteiger partial charge in [-0.1, -0.05) is 42.8 Å². The fraction of sp³-hybridized carbons (Fsp3) is 0.360. The Kier molecular flexibility index (Phi) is 7.04. The van der Waals surface area contributed by atoms with Crippen molar-refractivity contribution in [2.75, 3.05) is 20.6 Å². The van der Waals surface area contributed by atoms with Crippen molar-refractivity contribution >= 4 is 32.7 Å². The van der Waals surface area contributed by atoms with Gasteiger partial charge >= 0.3 is 0 Å². The highest BCUT2D eigenvalue weighted by molar-refractivity contribution is 7.89. The lowest BCUT2D eigenvalue weighted by molar-refractivity contribution is -0.135. The van der Waals surface area contributed by atoms with E-state index in [2.05, 4.69) is 10.3 Å². The van der Waals surface area contributed by atoms with Gasteiger partial charge in [-0.3, -0.25) is 9.59 Å². The second-order valence-electron chi connectivity index (χ2n) is 8.80. The number of amides is 2. The number of likely N-dealkylation sites (N-methyl/N-ethyl adjacent to an activating group) is 1. The van der Waals surface area contributed by atoms with Gasteiger partial charge in [-0.15, -0.1) is 0 Å². The molecule has 0 bridgehead atoms. The van der Waals surface area contributed by atoms with Gasteiger partial charge in [0.2, 0.25) is 21.8 Å². The first-order chi connectivity index (χ1) is 16.3. The van der Waals surface area contributed by atoms with Crippen molar-refractivity contribution in [2.24, 2.45) is 0 Å². The van der Waals surface area contributed by atoms with Crippen LogP contribution >= 0.6 is 0 Å². The molecule has 0 aliphatic carbocycles. The Balaban J connectivity index is 1.59. The number of fused-ring (bicyclic) bond motifs is 1. The van der Waals surface area contributed by atoms with Gasteiger partial charge in [-0.2, -0.15) is 4.31 Å². The number of hydrogen-bond donors (Lipinski definition) is 2. The van der Waals surface area contributed by atoms with Crippen LogP contribution in [0.25, 0.3) is 10.9 Å². The first-order valence-electron chi connectivity index (χ1n) is 11.4. The van der Waals surface area contributed by atoms with E-state index in [1.165, 1.54) is 21.3 Å². The predicted octanol–water partition coefficient (Wildman–Crippen LogP) is 2.53. The molecule has 3 aromatic rings. The molecule has 0 saturated carbocycles. The number of rotatable bonds is 7. The summed E-state index contributed by atoms with van der Waals surface area (Å²) in [5.74, 6) is -0.689. The lowest BCUT2D eigenvalue weighted by atomic mass is 10.0. The summed E-state index contributed by atoms with van der Waals surface area (Å²) in [6, 6.07) is 14.3. The Morgan fingerprint density at radius 1 is 1.09 bits per heavy atom. The SMILES string of the molecule is CN(C)C(=O)C(Cc1c[nH]c2ccccc12)NC(=O)[C@@H]1CCCCN1S(=O)(=O)c1ccccc1. The highest BCUT2D eigenvalue weighted by Crippen LogP contribution is 2.26. The van der Waals surface area contributed by atoms with Gasteiger partial charge in [0.1, 0.15) is 12.1 Å². The third-order valence-electron chi connectivity index (χ3n) is 6.26. The molecule has 34 heavy (non-hydrogen) atoms. The number of piperidine rings is 1. The van der Waals surface area contributed by atoms with Crippen molar-refractivity contribution in [1.29, 1.82) is 0 Å². The van der Waals surface area contributed by atoms with E-state index in [1.807, 2.05) is 30.5 Å². The summed E-state index contributed by atoms with van der Waals surface area (Å²) in [5, 5.41) is 3.86. The van der Waals surface area contributed by atoms with Crippen LogP contribution in [0.2, 0.25) is 0 Å². The van der Waals surface area contributed by atoms with Crippen LogP contribution in [0.15, 0.2) is 65.7 Å². The first kappa shape index (κ1) is 24.0. The smallest absolute Gasteiger partial charge is 0.244 e. The zero-order valence-electron chi connectivity index (χ0n) is 19.4. The number of nitrogens with one attached hydrogen (secondary N) is 2. The molecule has 2 atom stereocenters. The molecular formula is C25H30N4O4S. The maximum Gasteiger partial charge on any atom is 0.244 e. The third kappa shape index (κ3) is 4.85. The maximum absolute atomic E-state index is 13.4. The quantitative estimate of drug-likeness (QED) is 0.540. The summed E-state index contributed by atoms with van der Waals surface area (Å²) in [5.41, 5.74) is 1.86. The molecule has 0 radical (unpaired) electrons. The van der Waals surface area contributed by atoms with Crippen molar-refractivity contribution in [3.63, 3.8) is 0 Å². The molecule has 1 aromatic heterocycles. The average molecular weight is 483 g/mol. The molecule has 9 heteroatoms. The van der Waals surface area contributed by atoms with E-state index in [4.69, 9.17) is 0 Å². The van der Waals surface area contributed by atoms with Gasteiger partial charge in [0.05, 0.1) is 4.90 Å². The molecule has 1 aliphatic rings. The Morgan fingerprint density at radius 2 is 1.79 bits per heavy atom. The Bertz CT molecular complexity index is 1270. The van der Waals surface area contributed by atoms with E-state index in [0.717, 1.165) is 22.9 Å². The summed E-state index contributed by atoms with van der Waals surface area (Å²) in [7, 11) is -0.550. The van der Waals surface area contributed by atoms with Gasteiger partial charge in [0, 0.05) is 44.2 Å². The van der Waals surface area contributed by atoms with Crippen molar-refractivity contribution in [2.45, 2.75) is 42.7 Å². The molecule has 4 rings (SSSR count). The molecule has 1 fully saturated rings. The van der Waals surface area contributed by atoms with E-state index in [9.17, 15) is 18.0 Å². The summed E-state index contributed by atoms with van der Waals surface area (Å²) in [4.78, 5) is 31.2. The molecule has 8 nitrogen and oxygen atoms in total. The third-order valence-corrected chi connectivity index (χ3v) is 8.18. The summed E-state index contributed by atoms with van der Waals surface area (Å²) in [6.45, 7) is 0.268. The second-order valence-corrected chi connectivity index (χ2v) is 10.7. The Hall–Kier alpha value is -3.17. The summed E-state index contributed by atoms with van der Waals surface area (Å²) >= 11 is 0. The monoisotopic (exact) mass is 482 g/mol. The van der Waals surface area contributed by atoms with Gasteiger partial charge in [-0.25, -0.2) is 8.42 Å². The number of para-hydroxylation sites is 1. The van der Waals surface area contributed by atoms with Crippen LogP contribution in [0.5, 0.6) is 0 Å². The molecule has 2 N–H and O–H groups in total. The Labute approximate surface area is 200 Å². The van der Waals surface area contributed by atoms with Crippen molar-refractivity contribution in [3.8, 4) is 0 Å².